The second-order valence-corrected chi connectivity index (χ2v) is 6.12. The summed E-state index contributed by atoms with van der Waals surface area (Å²) in [5.74, 6) is 0.183. The van der Waals surface area contributed by atoms with E-state index in [2.05, 4.69) is 13.5 Å². The molecule has 0 unspecified atom stereocenters. The van der Waals surface area contributed by atoms with Crippen LogP contribution >= 0.6 is 11.6 Å². The lowest BCUT2D eigenvalue weighted by Gasteiger charge is -2.22. The summed E-state index contributed by atoms with van der Waals surface area (Å²) in [6, 6.07) is 5.65. The van der Waals surface area contributed by atoms with Crippen molar-refractivity contribution in [2.24, 2.45) is 0 Å². The third-order valence-corrected chi connectivity index (χ3v) is 3.03. The Morgan fingerprint density at radius 1 is 1.42 bits per heavy atom. The summed E-state index contributed by atoms with van der Waals surface area (Å²) in [5.41, 5.74) is 2.39. The first-order valence-electron chi connectivity index (χ1n) is 6.46. The highest BCUT2D eigenvalue weighted by atomic mass is 35.5. The topological polar surface area (TPSA) is 26.3 Å². The lowest BCUT2D eigenvalue weighted by atomic mass is 9.93. The molecule has 1 rings (SSSR count). The predicted molar refractivity (Wildman–Crippen MR) is 79.8 cm³/mol. The Kier molecular flexibility index (Phi) is 5.19. The van der Waals surface area contributed by atoms with E-state index in [4.69, 9.17) is 16.3 Å². The Labute approximate surface area is 120 Å². The normalized spacial score (nSPS) is 11.2. The molecule has 0 aliphatic carbocycles. The van der Waals surface area contributed by atoms with Gasteiger partial charge in [-0.2, -0.15) is 0 Å². The molecule has 3 heteroatoms. The highest BCUT2D eigenvalue weighted by Crippen LogP contribution is 2.35. The SMILES string of the molecule is C=C(C)C(=O)Oc1cccc(C(C)(C)Cl)c1CCC. The van der Waals surface area contributed by atoms with Gasteiger partial charge in [-0.25, -0.2) is 4.79 Å². The Morgan fingerprint density at radius 2 is 2.05 bits per heavy atom. The molecule has 0 fully saturated rings. The molecule has 0 aliphatic heterocycles. The molecular weight excluding hydrogens is 260 g/mol. The lowest BCUT2D eigenvalue weighted by Crippen LogP contribution is -2.15. The van der Waals surface area contributed by atoms with Crippen LogP contribution in [-0.2, 0) is 16.1 Å². The van der Waals surface area contributed by atoms with E-state index in [-0.39, 0.29) is 0 Å². The van der Waals surface area contributed by atoms with Crippen molar-refractivity contribution >= 4 is 17.6 Å². The largest absolute Gasteiger partial charge is 0.423 e. The fourth-order valence-corrected chi connectivity index (χ4v) is 2.09. The van der Waals surface area contributed by atoms with Crippen LogP contribution in [-0.4, -0.2) is 5.97 Å². The third kappa shape index (κ3) is 4.10. The molecule has 0 saturated heterocycles. The van der Waals surface area contributed by atoms with E-state index in [0.717, 1.165) is 24.0 Å². The second-order valence-electron chi connectivity index (χ2n) is 5.17. The molecule has 0 saturated carbocycles. The maximum atomic E-state index is 11.7. The standard InChI is InChI=1S/C16H21ClO2/c1-6-8-12-13(16(4,5)17)9-7-10-14(12)19-15(18)11(2)3/h7,9-10H,2,6,8H2,1,3-5H3. The Hall–Kier alpha value is -1.28. The van der Waals surface area contributed by atoms with Gasteiger partial charge in [0.05, 0.1) is 4.87 Å². The van der Waals surface area contributed by atoms with E-state index in [0.29, 0.717) is 11.3 Å². The first kappa shape index (κ1) is 15.8. The van der Waals surface area contributed by atoms with Gasteiger partial charge in [0.15, 0.2) is 0 Å². The van der Waals surface area contributed by atoms with E-state index in [1.807, 2.05) is 26.0 Å². The van der Waals surface area contributed by atoms with E-state index in [1.165, 1.54) is 0 Å². The van der Waals surface area contributed by atoms with Gasteiger partial charge in [0, 0.05) is 5.57 Å². The molecule has 0 aromatic heterocycles. The number of benzene rings is 1. The van der Waals surface area contributed by atoms with Gasteiger partial charge in [0.25, 0.3) is 0 Å². The van der Waals surface area contributed by atoms with Gasteiger partial charge in [-0.3, -0.25) is 0 Å². The zero-order valence-corrected chi connectivity index (χ0v) is 12.8. The second kappa shape index (κ2) is 6.25. The smallest absolute Gasteiger partial charge is 0.338 e. The van der Waals surface area contributed by atoms with Crippen molar-refractivity contribution in [2.45, 2.75) is 45.4 Å². The third-order valence-electron chi connectivity index (χ3n) is 2.82. The summed E-state index contributed by atoms with van der Waals surface area (Å²) >= 11 is 6.41. The minimum absolute atomic E-state index is 0.387. The molecule has 0 spiro atoms. The van der Waals surface area contributed by atoms with Gasteiger partial charge in [0.2, 0.25) is 0 Å². The van der Waals surface area contributed by atoms with Crippen LogP contribution in [0.15, 0.2) is 30.4 Å². The van der Waals surface area contributed by atoms with Crippen LogP contribution in [0.2, 0.25) is 0 Å². The quantitative estimate of drug-likeness (QED) is 0.341. The van der Waals surface area contributed by atoms with E-state index >= 15 is 0 Å². The molecule has 0 N–H and O–H groups in total. The first-order chi connectivity index (χ1) is 8.77. The minimum atomic E-state index is -0.490. The monoisotopic (exact) mass is 280 g/mol. The molecule has 1 aromatic carbocycles. The Bertz CT molecular complexity index is 484. The van der Waals surface area contributed by atoms with Crippen molar-refractivity contribution in [2.75, 3.05) is 0 Å². The number of carbonyl (C=O) groups is 1. The van der Waals surface area contributed by atoms with Crippen LogP contribution in [0.25, 0.3) is 0 Å². The number of hydrogen-bond donors (Lipinski definition) is 0. The van der Waals surface area contributed by atoms with Crippen LogP contribution in [0.1, 0.15) is 45.2 Å². The molecule has 0 atom stereocenters. The average molecular weight is 281 g/mol. The zero-order chi connectivity index (χ0) is 14.6. The summed E-state index contributed by atoms with van der Waals surface area (Å²) < 4.78 is 5.40. The van der Waals surface area contributed by atoms with Crippen molar-refractivity contribution in [3.05, 3.63) is 41.5 Å². The summed E-state index contributed by atoms with van der Waals surface area (Å²) in [5, 5.41) is 0. The van der Waals surface area contributed by atoms with Gasteiger partial charge < -0.3 is 4.74 Å². The van der Waals surface area contributed by atoms with Crippen molar-refractivity contribution in [3.63, 3.8) is 0 Å². The maximum absolute atomic E-state index is 11.7. The average Bonchev–Trinajstić information content (AvgIpc) is 2.29. The zero-order valence-electron chi connectivity index (χ0n) is 12.0. The van der Waals surface area contributed by atoms with E-state index in [1.54, 1.807) is 13.0 Å². The van der Waals surface area contributed by atoms with Gasteiger partial charge in [-0.1, -0.05) is 32.1 Å². The molecule has 2 nitrogen and oxygen atoms in total. The predicted octanol–water partition coefficient (Wildman–Crippen LogP) is 4.59. The minimum Gasteiger partial charge on any atom is -0.423 e. The lowest BCUT2D eigenvalue weighted by molar-refractivity contribution is -0.130. The molecule has 104 valence electrons. The number of hydrogen-bond acceptors (Lipinski definition) is 2. The highest BCUT2D eigenvalue weighted by molar-refractivity contribution is 6.23. The van der Waals surface area contributed by atoms with Gasteiger partial charge in [-0.15, -0.1) is 11.6 Å². The molecule has 0 bridgehead atoms. The van der Waals surface area contributed by atoms with E-state index < -0.39 is 10.8 Å². The number of carbonyl (C=O) groups excluding carboxylic acids is 1. The van der Waals surface area contributed by atoms with E-state index in [9.17, 15) is 4.79 Å². The molecule has 19 heavy (non-hydrogen) atoms. The van der Waals surface area contributed by atoms with Crippen LogP contribution < -0.4 is 4.74 Å². The molecular formula is C16H21ClO2. The number of esters is 1. The van der Waals surface area contributed by atoms with Crippen LogP contribution in [0.5, 0.6) is 5.75 Å². The summed E-state index contributed by atoms with van der Waals surface area (Å²) in [7, 11) is 0. The Morgan fingerprint density at radius 3 is 2.53 bits per heavy atom. The van der Waals surface area contributed by atoms with Crippen molar-refractivity contribution in [1.29, 1.82) is 0 Å². The van der Waals surface area contributed by atoms with Crippen LogP contribution in [0.3, 0.4) is 0 Å². The van der Waals surface area contributed by atoms with Gasteiger partial charge in [0.1, 0.15) is 5.75 Å². The molecule has 0 aliphatic rings. The van der Waals surface area contributed by atoms with Crippen molar-refractivity contribution in [1.82, 2.24) is 0 Å². The van der Waals surface area contributed by atoms with Crippen molar-refractivity contribution < 1.29 is 9.53 Å². The van der Waals surface area contributed by atoms with Crippen LogP contribution in [0, 0.1) is 0 Å². The molecule has 1 aromatic rings. The number of rotatable bonds is 5. The van der Waals surface area contributed by atoms with Crippen molar-refractivity contribution in [3.8, 4) is 5.75 Å². The molecule has 0 heterocycles. The number of alkyl halides is 1. The number of halogens is 1. The summed E-state index contributed by atoms with van der Waals surface area (Å²) in [4.78, 5) is 11.2. The highest BCUT2D eigenvalue weighted by Gasteiger charge is 2.23. The van der Waals surface area contributed by atoms with Gasteiger partial charge >= 0.3 is 5.97 Å². The fourth-order valence-electron chi connectivity index (χ4n) is 1.91. The van der Waals surface area contributed by atoms with Crippen LogP contribution in [0.4, 0.5) is 0 Å². The first-order valence-corrected chi connectivity index (χ1v) is 6.84. The van der Waals surface area contributed by atoms with Gasteiger partial charge in [-0.05, 0) is 44.4 Å². The molecule has 0 amide bonds. The molecule has 0 radical (unpaired) electrons. The summed E-state index contributed by atoms with van der Waals surface area (Å²) in [6.45, 7) is 11.2. The fraction of sp³-hybridized carbons (Fsp3) is 0.438. The summed E-state index contributed by atoms with van der Waals surface area (Å²) in [6.07, 6.45) is 1.78. The maximum Gasteiger partial charge on any atom is 0.338 e. The Balaban J connectivity index is 3.24. The number of ether oxygens (including phenoxy) is 1.